The average molecular weight is 320 g/mol. The number of nitrogens with one attached hydrogen (secondary N) is 1. The number of nitro groups is 1. The summed E-state index contributed by atoms with van der Waals surface area (Å²) in [6.45, 7) is 1.80. The van der Waals surface area contributed by atoms with Crippen LogP contribution in [-0.4, -0.2) is 19.2 Å². The van der Waals surface area contributed by atoms with E-state index in [1.165, 1.54) is 30.3 Å². The van der Waals surface area contributed by atoms with E-state index in [2.05, 4.69) is 0 Å². The standard InChI is InChI=1S/C14H12N2O5S/c1-10-5-7-13(8-6-10)22(20,21)15-14(17)11-3-2-4-12(9-11)16(18)19/h2-9H,1H3,(H,15,17). The van der Waals surface area contributed by atoms with E-state index in [0.29, 0.717) is 0 Å². The largest absolute Gasteiger partial charge is 0.270 e. The van der Waals surface area contributed by atoms with Gasteiger partial charge in [0.05, 0.1) is 9.82 Å². The molecule has 2 aromatic carbocycles. The fourth-order valence-electron chi connectivity index (χ4n) is 1.72. The number of nitrogens with zero attached hydrogens (tertiary/aromatic N) is 1. The molecule has 0 saturated heterocycles. The van der Waals surface area contributed by atoms with Crippen LogP contribution >= 0.6 is 0 Å². The molecule has 0 aliphatic heterocycles. The maximum atomic E-state index is 12.1. The number of non-ortho nitro benzene ring substituents is 1. The molecule has 1 N–H and O–H groups in total. The molecule has 0 fully saturated rings. The molecule has 0 bridgehead atoms. The lowest BCUT2D eigenvalue weighted by atomic mass is 10.2. The minimum absolute atomic E-state index is 0.0584. The van der Waals surface area contributed by atoms with Crippen molar-refractivity contribution in [2.24, 2.45) is 0 Å². The minimum atomic E-state index is -4.03. The molecule has 0 aromatic heterocycles. The molecule has 1 amide bonds. The predicted octanol–water partition coefficient (Wildman–Crippen LogP) is 2.02. The fraction of sp³-hybridized carbons (Fsp3) is 0.0714. The van der Waals surface area contributed by atoms with Gasteiger partial charge in [-0.1, -0.05) is 23.8 Å². The fourth-order valence-corrected chi connectivity index (χ4v) is 2.69. The Balaban J connectivity index is 2.26. The Bertz CT molecular complexity index is 829. The summed E-state index contributed by atoms with van der Waals surface area (Å²) < 4.78 is 26.0. The summed E-state index contributed by atoms with van der Waals surface area (Å²) >= 11 is 0. The molecule has 0 spiro atoms. The summed E-state index contributed by atoms with van der Waals surface area (Å²) in [6, 6.07) is 10.8. The highest BCUT2D eigenvalue weighted by molar-refractivity contribution is 7.90. The molecule has 0 aliphatic carbocycles. The maximum absolute atomic E-state index is 12.1. The number of aryl methyl sites for hydroxylation is 1. The van der Waals surface area contributed by atoms with Crippen LogP contribution in [0.5, 0.6) is 0 Å². The smallest absolute Gasteiger partial charge is 0.268 e. The van der Waals surface area contributed by atoms with Gasteiger partial charge in [-0.2, -0.15) is 0 Å². The molecule has 7 nitrogen and oxygen atoms in total. The van der Waals surface area contributed by atoms with Gasteiger partial charge < -0.3 is 0 Å². The van der Waals surface area contributed by atoms with Gasteiger partial charge in [0, 0.05) is 17.7 Å². The summed E-state index contributed by atoms with van der Waals surface area (Å²) in [4.78, 5) is 21.9. The third-order valence-electron chi connectivity index (χ3n) is 2.88. The van der Waals surface area contributed by atoms with Crippen LogP contribution in [-0.2, 0) is 10.0 Å². The van der Waals surface area contributed by atoms with E-state index >= 15 is 0 Å². The summed E-state index contributed by atoms with van der Waals surface area (Å²) in [5.41, 5.74) is 0.481. The zero-order valence-electron chi connectivity index (χ0n) is 11.5. The third kappa shape index (κ3) is 3.47. The van der Waals surface area contributed by atoms with Crippen molar-refractivity contribution >= 4 is 21.6 Å². The number of hydrogen-bond acceptors (Lipinski definition) is 5. The van der Waals surface area contributed by atoms with Crippen molar-refractivity contribution in [3.05, 3.63) is 69.8 Å². The van der Waals surface area contributed by atoms with Gasteiger partial charge >= 0.3 is 0 Å². The van der Waals surface area contributed by atoms with Crippen molar-refractivity contribution in [3.63, 3.8) is 0 Å². The number of amides is 1. The van der Waals surface area contributed by atoms with Crippen LogP contribution in [0.25, 0.3) is 0 Å². The first-order valence-electron chi connectivity index (χ1n) is 6.18. The molecule has 2 rings (SSSR count). The second-order valence-corrected chi connectivity index (χ2v) is 6.24. The predicted molar refractivity (Wildman–Crippen MR) is 78.9 cm³/mol. The van der Waals surface area contributed by atoms with Gasteiger partial charge in [-0.25, -0.2) is 13.1 Å². The van der Waals surface area contributed by atoms with Crippen LogP contribution in [0.15, 0.2) is 53.4 Å². The van der Waals surface area contributed by atoms with E-state index in [1.54, 1.807) is 19.1 Å². The molecule has 8 heteroatoms. The summed E-state index contributed by atoms with van der Waals surface area (Å²) in [7, 11) is -4.03. The quantitative estimate of drug-likeness (QED) is 0.685. The number of rotatable bonds is 4. The van der Waals surface area contributed by atoms with Crippen LogP contribution in [0.4, 0.5) is 5.69 Å². The Kier molecular flexibility index (Phi) is 4.22. The molecule has 0 atom stereocenters. The summed E-state index contributed by atoms with van der Waals surface area (Å²) in [6.07, 6.45) is 0. The number of sulfonamides is 1. The number of carbonyl (C=O) groups is 1. The topological polar surface area (TPSA) is 106 Å². The Morgan fingerprint density at radius 2 is 1.77 bits per heavy atom. The van der Waals surface area contributed by atoms with Crippen molar-refractivity contribution in [2.45, 2.75) is 11.8 Å². The van der Waals surface area contributed by atoms with Crippen LogP contribution in [0, 0.1) is 17.0 Å². The van der Waals surface area contributed by atoms with Gasteiger partial charge in [0.2, 0.25) is 0 Å². The highest BCUT2D eigenvalue weighted by atomic mass is 32.2. The Morgan fingerprint density at radius 3 is 2.36 bits per heavy atom. The van der Waals surface area contributed by atoms with Gasteiger partial charge in [-0.05, 0) is 25.1 Å². The summed E-state index contributed by atoms with van der Waals surface area (Å²) in [5.74, 6) is -0.927. The molecule has 0 heterocycles. The second kappa shape index (κ2) is 5.94. The number of nitro benzene ring substituents is 1. The highest BCUT2D eigenvalue weighted by Crippen LogP contribution is 2.15. The third-order valence-corrected chi connectivity index (χ3v) is 4.22. The van der Waals surface area contributed by atoms with Gasteiger partial charge in [-0.15, -0.1) is 0 Å². The van der Waals surface area contributed by atoms with Crippen molar-refractivity contribution in [3.8, 4) is 0 Å². The normalized spacial score (nSPS) is 11.0. The van der Waals surface area contributed by atoms with Gasteiger partial charge in [0.25, 0.3) is 21.6 Å². The number of benzene rings is 2. The highest BCUT2D eigenvalue weighted by Gasteiger charge is 2.19. The van der Waals surface area contributed by atoms with Crippen LogP contribution in [0.3, 0.4) is 0 Å². The van der Waals surface area contributed by atoms with E-state index in [0.717, 1.165) is 11.6 Å². The molecular weight excluding hydrogens is 308 g/mol. The van der Waals surface area contributed by atoms with E-state index in [4.69, 9.17) is 0 Å². The molecule has 2 aromatic rings. The summed E-state index contributed by atoms with van der Waals surface area (Å²) in [5, 5.41) is 10.7. The molecule has 0 aliphatic rings. The van der Waals surface area contributed by atoms with E-state index in [1.807, 2.05) is 4.72 Å². The van der Waals surface area contributed by atoms with Crippen molar-refractivity contribution in [2.75, 3.05) is 0 Å². The van der Waals surface area contributed by atoms with Gasteiger partial charge in [0.15, 0.2) is 0 Å². The Labute approximate surface area is 126 Å². The molecule has 0 unspecified atom stereocenters. The lowest BCUT2D eigenvalue weighted by molar-refractivity contribution is -0.384. The zero-order valence-corrected chi connectivity index (χ0v) is 12.3. The Hall–Kier alpha value is -2.74. The monoisotopic (exact) mass is 320 g/mol. The average Bonchev–Trinajstić information content (AvgIpc) is 2.47. The first kappa shape index (κ1) is 15.6. The van der Waals surface area contributed by atoms with Crippen LogP contribution in [0.1, 0.15) is 15.9 Å². The molecule has 22 heavy (non-hydrogen) atoms. The van der Waals surface area contributed by atoms with Gasteiger partial charge in [-0.3, -0.25) is 14.9 Å². The van der Waals surface area contributed by atoms with Crippen molar-refractivity contribution < 1.29 is 18.1 Å². The molecule has 0 radical (unpaired) electrons. The first-order chi connectivity index (χ1) is 10.3. The molecular formula is C14H12N2O5S. The second-order valence-electron chi connectivity index (χ2n) is 4.56. The number of hydrogen-bond donors (Lipinski definition) is 1. The van der Waals surface area contributed by atoms with Gasteiger partial charge in [0.1, 0.15) is 0 Å². The number of carbonyl (C=O) groups excluding carboxylic acids is 1. The van der Waals surface area contributed by atoms with E-state index in [-0.39, 0.29) is 16.1 Å². The first-order valence-corrected chi connectivity index (χ1v) is 7.66. The minimum Gasteiger partial charge on any atom is -0.268 e. The van der Waals surface area contributed by atoms with E-state index in [9.17, 15) is 23.3 Å². The maximum Gasteiger partial charge on any atom is 0.270 e. The van der Waals surface area contributed by atoms with Crippen LogP contribution < -0.4 is 4.72 Å². The van der Waals surface area contributed by atoms with E-state index < -0.39 is 20.9 Å². The molecule has 0 saturated carbocycles. The lowest BCUT2D eigenvalue weighted by Crippen LogP contribution is -2.30. The lowest BCUT2D eigenvalue weighted by Gasteiger charge is -2.07. The van der Waals surface area contributed by atoms with Crippen molar-refractivity contribution in [1.82, 2.24) is 4.72 Å². The zero-order chi connectivity index (χ0) is 16.3. The van der Waals surface area contributed by atoms with Crippen LogP contribution in [0.2, 0.25) is 0 Å². The SMILES string of the molecule is Cc1ccc(S(=O)(=O)NC(=O)c2cccc([N+](=O)[O-])c2)cc1. The van der Waals surface area contributed by atoms with Crippen molar-refractivity contribution in [1.29, 1.82) is 0 Å². The Morgan fingerprint density at radius 1 is 1.14 bits per heavy atom. The molecule has 114 valence electrons.